The predicted molar refractivity (Wildman–Crippen MR) is 100 cm³/mol. The molecule has 0 bridgehead atoms. The first kappa shape index (κ1) is 17.0. The van der Waals surface area contributed by atoms with Crippen molar-refractivity contribution in [1.29, 1.82) is 0 Å². The van der Waals surface area contributed by atoms with Crippen LogP contribution in [0.3, 0.4) is 0 Å². The highest BCUT2D eigenvalue weighted by Gasteiger charge is 2.10. The van der Waals surface area contributed by atoms with Crippen molar-refractivity contribution in [2.45, 2.75) is 19.9 Å². The highest BCUT2D eigenvalue weighted by Crippen LogP contribution is 2.20. The van der Waals surface area contributed by atoms with Crippen molar-refractivity contribution in [2.75, 3.05) is 5.32 Å². The van der Waals surface area contributed by atoms with Crippen molar-refractivity contribution in [2.24, 2.45) is 0 Å². The van der Waals surface area contributed by atoms with Gasteiger partial charge in [0, 0.05) is 28.8 Å². The molecule has 0 saturated heterocycles. The van der Waals surface area contributed by atoms with Gasteiger partial charge in [-0.2, -0.15) is 0 Å². The molecular weight excluding hydrogens is 336 g/mol. The molecule has 6 heteroatoms. The third kappa shape index (κ3) is 4.19. The number of hydrogen-bond donors (Lipinski definition) is 2. The van der Waals surface area contributed by atoms with Gasteiger partial charge < -0.3 is 15.2 Å². The lowest BCUT2D eigenvalue weighted by molar-refractivity contribution is 0.249. The molecule has 3 rings (SSSR count). The fraction of sp³-hybridized carbons (Fsp3) is 0.158. The van der Waals surface area contributed by atoms with Crippen molar-refractivity contribution < 1.29 is 4.79 Å². The Hall–Kier alpha value is -2.79. The number of urea groups is 1. The van der Waals surface area contributed by atoms with Gasteiger partial charge in [-0.1, -0.05) is 29.8 Å². The molecular formula is C19H19ClN4O. The summed E-state index contributed by atoms with van der Waals surface area (Å²) in [7, 11) is 0. The maximum Gasteiger partial charge on any atom is 0.319 e. The number of benzene rings is 2. The van der Waals surface area contributed by atoms with Gasteiger partial charge in [-0.25, -0.2) is 9.78 Å². The van der Waals surface area contributed by atoms with Crippen molar-refractivity contribution in [3.8, 4) is 5.69 Å². The number of nitrogens with zero attached hydrogens (tertiary/aromatic N) is 2. The molecule has 0 fully saturated rings. The van der Waals surface area contributed by atoms with Crippen LogP contribution in [0.4, 0.5) is 10.5 Å². The van der Waals surface area contributed by atoms with Crippen LogP contribution in [0.1, 0.15) is 24.1 Å². The molecule has 0 radical (unpaired) electrons. The molecule has 0 aliphatic heterocycles. The zero-order valence-electron chi connectivity index (χ0n) is 14.0. The Kier molecular flexibility index (Phi) is 5.05. The van der Waals surface area contributed by atoms with Crippen LogP contribution in [0, 0.1) is 6.92 Å². The molecule has 128 valence electrons. The summed E-state index contributed by atoms with van der Waals surface area (Å²) < 4.78 is 1.93. The van der Waals surface area contributed by atoms with Crippen LogP contribution in [0.15, 0.2) is 61.2 Å². The standard InChI is InChI=1S/C19H19ClN4O/c1-13-3-6-16(11-18(13)20)23-19(25)22-14(2)15-4-7-17(8-5-15)24-10-9-21-12-24/h3-12,14H,1-2H3,(H2,22,23,25). The first-order chi connectivity index (χ1) is 12.0. The summed E-state index contributed by atoms with van der Waals surface area (Å²) in [5.41, 5.74) is 3.67. The second-order valence-electron chi connectivity index (χ2n) is 5.85. The summed E-state index contributed by atoms with van der Waals surface area (Å²) in [4.78, 5) is 16.2. The number of nitrogens with one attached hydrogen (secondary N) is 2. The maximum atomic E-state index is 12.2. The monoisotopic (exact) mass is 354 g/mol. The summed E-state index contributed by atoms with van der Waals surface area (Å²) in [6, 6.07) is 13.0. The number of anilines is 1. The van der Waals surface area contributed by atoms with E-state index in [-0.39, 0.29) is 12.1 Å². The normalized spacial score (nSPS) is 11.8. The van der Waals surface area contributed by atoms with Gasteiger partial charge in [0.05, 0.1) is 12.4 Å². The summed E-state index contributed by atoms with van der Waals surface area (Å²) in [6.45, 7) is 3.86. The van der Waals surface area contributed by atoms with Crippen LogP contribution in [-0.4, -0.2) is 15.6 Å². The first-order valence-corrected chi connectivity index (χ1v) is 8.32. The molecule has 0 aliphatic rings. The van der Waals surface area contributed by atoms with E-state index in [0.717, 1.165) is 16.8 Å². The minimum absolute atomic E-state index is 0.127. The van der Waals surface area contributed by atoms with E-state index in [0.29, 0.717) is 10.7 Å². The smallest absolute Gasteiger partial charge is 0.319 e. The highest BCUT2D eigenvalue weighted by atomic mass is 35.5. The Bertz CT molecular complexity index is 860. The highest BCUT2D eigenvalue weighted by molar-refractivity contribution is 6.31. The number of aryl methyl sites for hydroxylation is 1. The van der Waals surface area contributed by atoms with Gasteiger partial charge in [0.25, 0.3) is 0 Å². The SMILES string of the molecule is Cc1ccc(NC(=O)NC(C)c2ccc(-n3ccnc3)cc2)cc1Cl. The fourth-order valence-electron chi connectivity index (χ4n) is 2.46. The third-order valence-electron chi connectivity index (χ3n) is 3.97. The van der Waals surface area contributed by atoms with Crippen molar-refractivity contribution in [3.63, 3.8) is 0 Å². The Morgan fingerprint density at radius 2 is 1.96 bits per heavy atom. The van der Waals surface area contributed by atoms with Gasteiger partial charge in [-0.05, 0) is 49.2 Å². The van der Waals surface area contributed by atoms with E-state index in [1.54, 1.807) is 18.6 Å². The van der Waals surface area contributed by atoms with Crippen LogP contribution < -0.4 is 10.6 Å². The predicted octanol–water partition coefficient (Wildman–Crippen LogP) is 4.72. The number of amides is 2. The van der Waals surface area contributed by atoms with Crippen LogP contribution in [-0.2, 0) is 0 Å². The number of aromatic nitrogens is 2. The molecule has 0 spiro atoms. The Morgan fingerprint density at radius 3 is 2.60 bits per heavy atom. The van der Waals surface area contributed by atoms with Crippen molar-refractivity contribution in [3.05, 3.63) is 77.3 Å². The zero-order chi connectivity index (χ0) is 17.8. The molecule has 2 N–H and O–H groups in total. The number of carbonyl (C=O) groups is 1. The average Bonchev–Trinajstić information content (AvgIpc) is 3.13. The summed E-state index contributed by atoms with van der Waals surface area (Å²) in [5.74, 6) is 0. The van der Waals surface area contributed by atoms with E-state index in [2.05, 4.69) is 15.6 Å². The molecule has 3 aromatic rings. The zero-order valence-corrected chi connectivity index (χ0v) is 14.8. The molecule has 0 saturated carbocycles. The minimum Gasteiger partial charge on any atom is -0.331 e. The Labute approximate surface area is 151 Å². The summed E-state index contributed by atoms with van der Waals surface area (Å²) >= 11 is 6.08. The van der Waals surface area contributed by atoms with Crippen molar-refractivity contribution in [1.82, 2.24) is 14.9 Å². The van der Waals surface area contributed by atoms with Gasteiger partial charge in [-0.15, -0.1) is 0 Å². The van der Waals surface area contributed by atoms with E-state index in [1.165, 1.54) is 0 Å². The lowest BCUT2D eigenvalue weighted by Gasteiger charge is -2.16. The quantitative estimate of drug-likeness (QED) is 0.712. The fourth-order valence-corrected chi connectivity index (χ4v) is 2.65. The molecule has 1 atom stereocenters. The third-order valence-corrected chi connectivity index (χ3v) is 4.38. The number of halogens is 1. The van der Waals surface area contributed by atoms with Gasteiger partial charge in [0.1, 0.15) is 0 Å². The number of rotatable bonds is 4. The second-order valence-corrected chi connectivity index (χ2v) is 6.25. The van der Waals surface area contributed by atoms with E-state index in [9.17, 15) is 4.79 Å². The largest absolute Gasteiger partial charge is 0.331 e. The van der Waals surface area contributed by atoms with E-state index >= 15 is 0 Å². The molecule has 1 unspecified atom stereocenters. The molecule has 0 aliphatic carbocycles. The minimum atomic E-state index is -0.272. The second kappa shape index (κ2) is 7.40. The molecule has 1 heterocycles. The van der Waals surface area contributed by atoms with Crippen LogP contribution in [0.25, 0.3) is 5.69 Å². The van der Waals surface area contributed by atoms with Crippen molar-refractivity contribution >= 4 is 23.3 Å². The lowest BCUT2D eigenvalue weighted by atomic mass is 10.1. The maximum absolute atomic E-state index is 12.2. The van der Waals surface area contributed by atoms with Gasteiger partial charge in [0.2, 0.25) is 0 Å². The number of hydrogen-bond acceptors (Lipinski definition) is 2. The van der Waals surface area contributed by atoms with Crippen LogP contribution in [0.5, 0.6) is 0 Å². The summed E-state index contributed by atoms with van der Waals surface area (Å²) in [6.07, 6.45) is 5.37. The first-order valence-electron chi connectivity index (χ1n) is 7.95. The van der Waals surface area contributed by atoms with E-state index in [1.807, 2.05) is 61.0 Å². The number of imidazole rings is 1. The van der Waals surface area contributed by atoms with Gasteiger partial charge in [-0.3, -0.25) is 0 Å². The number of carbonyl (C=O) groups excluding carboxylic acids is 1. The molecule has 25 heavy (non-hydrogen) atoms. The molecule has 2 amide bonds. The van der Waals surface area contributed by atoms with E-state index in [4.69, 9.17) is 11.6 Å². The molecule has 5 nitrogen and oxygen atoms in total. The van der Waals surface area contributed by atoms with E-state index < -0.39 is 0 Å². The Morgan fingerprint density at radius 1 is 1.20 bits per heavy atom. The molecule has 1 aromatic heterocycles. The van der Waals surface area contributed by atoms with Gasteiger partial charge in [0.15, 0.2) is 0 Å². The van der Waals surface area contributed by atoms with Crippen LogP contribution >= 0.6 is 11.6 Å². The van der Waals surface area contributed by atoms with Gasteiger partial charge >= 0.3 is 6.03 Å². The molecule has 2 aromatic carbocycles. The summed E-state index contributed by atoms with van der Waals surface area (Å²) in [5, 5.41) is 6.34. The average molecular weight is 355 g/mol. The topological polar surface area (TPSA) is 59.0 Å². The lowest BCUT2D eigenvalue weighted by Crippen LogP contribution is -2.31. The van der Waals surface area contributed by atoms with Crippen LogP contribution in [0.2, 0.25) is 5.02 Å². The Balaban J connectivity index is 1.62.